The molecule has 0 atom stereocenters. The lowest BCUT2D eigenvalue weighted by Crippen LogP contribution is -2.24. The van der Waals surface area contributed by atoms with Crippen molar-refractivity contribution >= 4 is 28.3 Å². The van der Waals surface area contributed by atoms with Crippen LogP contribution in [0.15, 0.2) is 78.0 Å². The van der Waals surface area contributed by atoms with Crippen LogP contribution in [0.5, 0.6) is 0 Å². The van der Waals surface area contributed by atoms with Crippen molar-refractivity contribution in [2.24, 2.45) is 5.10 Å². The summed E-state index contributed by atoms with van der Waals surface area (Å²) in [6.45, 7) is 1.72. The highest BCUT2D eigenvalue weighted by atomic mass is 16.6. The number of amides is 1. The molecule has 2 heterocycles. The summed E-state index contributed by atoms with van der Waals surface area (Å²) in [7, 11) is 0. The van der Waals surface area contributed by atoms with Crippen LogP contribution in [0.2, 0.25) is 0 Å². The topological polar surface area (TPSA) is 115 Å². The summed E-state index contributed by atoms with van der Waals surface area (Å²) >= 11 is 0. The number of carbonyl (C=O) groups is 1. The molecule has 1 amide bonds. The van der Waals surface area contributed by atoms with Gasteiger partial charge in [0.15, 0.2) is 5.82 Å². The van der Waals surface area contributed by atoms with Crippen LogP contribution < -0.4 is 5.43 Å². The molecule has 0 aliphatic carbocycles. The Morgan fingerprint density at radius 3 is 2.55 bits per heavy atom. The molecule has 9 heteroatoms. The second-order valence-corrected chi connectivity index (χ2v) is 6.76. The van der Waals surface area contributed by atoms with E-state index in [-0.39, 0.29) is 18.1 Å². The summed E-state index contributed by atoms with van der Waals surface area (Å²) in [6, 6.07) is 19.0. The number of benzene rings is 2. The van der Waals surface area contributed by atoms with E-state index in [0.717, 1.165) is 11.0 Å². The van der Waals surface area contributed by atoms with Crippen LogP contribution in [-0.2, 0) is 11.3 Å². The van der Waals surface area contributed by atoms with E-state index < -0.39 is 4.92 Å². The fraction of sp³-hybridized carbons (Fsp3) is 0.0909. The molecule has 0 radical (unpaired) electrons. The molecule has 9 nitrogen and oxygen atoms in total. The van der Waals surface area contributed by atoms with Gasteiger partial charge in [-0.05, 0) is 48.9 Å². The first-order valence-corrected chi connectivity index (χ1v) is 9.47. The van der Waals surface area contributed by atoms with E-state index in [1.807, 2.05) is 42.5 Å². The third-order valence-electron chi connectivity index (χ3n) is 4.69. The Morgan fingerprint density at radius 2 is 1.84 bits per heavy atom. The molecule has 0 aliphatic heterocycles. The van der Waals surface area contributed by atoms with Crippen LogP contribution in [0.1, 0.15) is 12.5 Å². The molecule has 2 aromatic carbocycles. The van der Waals surface area contributed by atoms with Gasteiger partial charge in [-0.1, -0.05) is 18.2 Å². The van der Waals surface area contributed by atoms with Crippen LogP contribution in [-0.4, -0.2) is 31.1 Å². The number of para-hydroxylation sites is 2. The minimum absolute atomic E-state index is 0.00343. The van der Waals surface area contributed by atoms with E-state index in [1.54, 1.807) is 29.8 Å². The van der Waals surface area contributed by atoms with Gasteiger partial charge in [-0.15, -0.1) is 0 Å². The number of nitrogens with zero attached hydrogens (tertiary/aromatic N) is 5. The van der Waals surface area contributed by atoms with Gasteiger partial charge in [0, 0.05) is 18.3 Å². The second kappa shape index (κ2) is 8.54. The van der Waals surface area contributed by atoms with Crippen molar-refractivity contribution in [2.75, 3.05) is 0 Å². The lowest BCUT2D eigenvalue weighted by molar-refractivity contribution is -0.384. The first kappa shape index (κ1) is 19.9. The number of rotatable bonds is 6. The van der Waals surface area contributed by atoms with Crippen molar-refractivity contribution in [3.63, 3.8) is 0 Å². The molecule has 0 unspecified atom stereocenters. The minimum atomic E-state index is -0.466. The molecule has 1 N–H and O–H groups in total. The highest BCUT2D eigenvalue weighted by molar-refractivity contribution is 5.99. The van der Waals surface area contributed by atoms with Crippen molar-refractivity contribution < 1.29 is 9.72 Å². The molecule has 0 aliphatic rings. The third kappa shape index (κ3) is 4.30. The summed E-state index contributed by atoms with van der Waals surface area (Å²) in [5.41, 5.74) is 5.99. The Balaban J connectivity index is 1.56. The Hall–Kier alpha value is -4.40. The Labute approximate surface area is 177 Å². The number of carbonyl (C=O) groups excluding carboxylic acids is 1. The summed E-state index contributed by atoms with van der Waals surface area (Å²) in [5.74, 6) is 0.259. The van der Waals surface area contributed by atoms with E-state index in [4.69, 9.17) is 0 Å². The highest BCUT2D eigenvalue weighted by Gasteiger charge is 2.16. The largest absolute Gasteiger partial charge is 0.313 e. The monoisotopic (exact) mass is 414 g/mol. The average Bonchev–Trinajstić information content (AvgIpc) is 3.16. The predicted octanol–water partition coefficient (Wildman–Crippen LogP) is 3.55. The van der Waals surface area contributed by atoms with Gasteiger partial charge >= 0.3 is 0 Å². The second-order valence-electron chi connectivity index (χ2n) is 6.76. The predicted molar refractivity (Wildman–Crippen MR) is 116 cm³/mol. The zero-order valence-corrected chi connectivity index (χ0v) is 16.6. The van der Waals surface area contributed by atoms with Crippen molar-refractivity contribution in [3.8, 4) is 11.5 Å². The summed E-state index contributed by atoms with van der Waals surface area (Å²) in [6.07, 6.45) is 1.68. The van der Waals surface area contributed by atoms with Gasteiger partial charge < -0.3 is 4.57 Å². The first-order valence-electron chi connectivity index (χ1n) is 9.47. The van der Waals surface area contributed by atoms with E-state index in [0.29, 0.717) is 22.8 Å². The van der Waals surface area contributed by atoms with Crippen LogP contribution in [0.3, 0.4) is 0 Å². The lowest BCUT2D eigenvalue weighted by atomic mass is 10.1. The summed E-state index contributed by atoms with van der Waals surface area (Å²) in [4.78, 5) is 31.9. The van der Waals surface area contributed by atoms with E-state index in [9.17, 15) is 14.9 Å². The Morgan fingerprint density at radius 1 is 1.10 bits per heavy atom. The molecule has 0 spiro atoms. The quantitative estimate of drug-likeness (QED) is 0.294. The smallest absolute Gasteiger partial charge is 0.269 e. The maximum Gasteiger partial charge on any atom is 0.269 e. The number of nitrogens with one attached hydrogen (secondary N) is 1. The van der Waals surface area contributed by atoms with Gasteiger partial charge in [0.05, 0.1) is 21.7 Å². The zero-order chi connectivity index (χ0) is 21.8. The standard InChI is InChI=1S/C22H18N6O3/c1-15(16-9-11-17(12-10-16)28(30)31)25-26-21(29)14-27-20-8-3-2-6-18(20)24-22(27)19-7-4-5-13-23-19/h2-13H,14H2,1H3,(H,26,29). The maximum absolute atomic E-state index is 12.6. The number of pyridine rings is 1. The normalized spacial score (nSPS) is 11.5. The minimum Gasteiger partial charge on any atom is -0.313 e. The molecule has 0 bridgehead atoms. The fourth-order valence-corrected chi connectivity index (χ4v) is 3.14. The third-order valence-corrected chi connectivity index (χ3v) is 4.69. The van der Waals surface area contributed by atoms with Crippen molar-refractivity contribution in [2.45, 2.75) is 13.5 Å². The van der Waals surface area contributed by atoms with Crippen LogP contribution >= 0.6 is 0 Å². The van der Waals surface area contributed by atoms with Crippen LogP contribution in [0.4, 0.5) is 5.69 Å². The van der Waals surface area contributed by atoms with E-state index in [1.165, 1.54) is 12.1 Å². The van der Waals surface area contributed by atoms with Crippen LogP contribution in [0.25, 0.3) is 22.6 Å². The van der Waals surface area contributed by atoms with Gasteiger partial charge in [-0.3, -0.25) is 19.9 Å². The molecule has 4 aromatic rings. The number of nitro groups is 1. The number of hydrogen-bond acceptors (Lipinski definition) is 6. The van der Waals surface area contributed by atoms with Crippen molar-refractivity contribution in [1.82, 2.24) is 20.0 Å². The SMILES string of the molecule is CC(=NNC(=O)Cn1c(-c2ccccn2)nc2ccccc21)c1ccc([N+](=O)[O-])cc1. The highest BCUT2D eigenvalue weighted by Crippen LogP contribution is 2.23. The number of imidazole rings is 1. The molecular formula is C22H18N6O3. The van der Waals surface area contributed by atoms with Gasteiger partial charge in [-0.25, -0.2) is 10.4 Å². The maximum atomic E-state index is 12.6. The number of aromatic nitrogens is 3. The molecule has 0 saturated carbocycles. The van der Waals surface area contributed by atoms with E-state index >= 15 is 0 Å². The summed E-state index contributed by atoms with van der Waals surface area (Å²) in [5, 5.41) is 14.9. The summed E-state index contributed by atoms with van der Waals surface area (Å²) < 4.78 is 1.80. The van der Waals surface area contributed by atoms with Gasteiger partial charge in [0.1, 0.15) is 12.2 Å². The molecular weight excluding hydrogens is 396 g/mol. The number of fused-ring (bicyclic) bond motifs is 1. The van der Waals surface area contributed by atoms with Crippen molar-refractivity contribution in [3.05, 3.63) is 88.6 Å². The number of non-ortho nitro benzene ring substituents is 1. The van der Waals surface area contributed by atoms with Gasteiger partial charge in [0.2, 0.25) is 0 Å². The van der Waals surface area contributed by atoms with Gasteiger partial charge in [0.25, 0.3) is 11.6 Å². The Kier molecular flexibility index (Phi) is 5.48. The van der Waals surface area contributed by atoms with E-state index in [2.05, 4.69) is 20.5 Å². The number of hydrazone groups is 1. The zero-order valence-electron chi connectivity index (χ0n) is 16.6. The average molecular weight is 414 g/mol. The Bertz CT molecular complexity index is 1280. The number of hydrogen-bond donors (Lipinski definition) is 1. The number of nitro benzene ring substituents is 1. The molecule has 154 valence electrons. The molecule has 2 aromatic heterocycles. The first-order chi connectivity index (χ1) is 15.0. The molecule has 31 heavy (non-hydrogen) atoms. The molecule has 0 saturated heterocycles. The molecule has 0 fully saturated rings. The lowest BCUT2D eigenvalue weighted by Gasteiger charge is -2.08. The van der Waals surface area contributed by atoms with Gasteiger partial charge in [-0.2, -0.15) is 5.10 Å². The van der Waals surface area contributed by atoms with Crippen LogP contribution in [0, 0.1) is 10.1 Å². The van der Waals surface area contributed by atoms with Crippen molar-refractivity contribution in [1.29, 1.82) is 0 Å². The fourth-order valence-electron chi connectivity index (χ4n) is 3.14. The molecule has 4 rings (SSSR count).